The van der Waals surface area contributed by atoms with Gasteiger partial charge < -0.3 is 9.47 Å². The molecular formula is C24H23N5O4. The SMILES string of the molecule is CC1(C)CCc2c(Cn3cnnn3)cc3c(OCc4ccc([N+](=O)[O-])cc4)cccc3c2O1. The largest absolute Gasteiger partial charge is 0.488 e. The Bertz CT molecular complexity index is 1320. The second kappa shape index (κ2) is 8.16. The van der Waals surface area contributed by atoms with Crippen molar-refractivity contribution in [2.24, 2.45) is 0 Å². The molecule has 3 aromatic carbocycles. The fraction of sp³-hybridized carbons (Fsp3) is 0.292. The minimum absolute atomic E-state index is 0.0579. The Hall–Kier alpha value is -4.01. The highest BCUT2D eigenvalue weighted by Gasteiger charge is 2.30. The molecule has 5 rings (SSSR count). The molecule has 0 aliphatic carbocycles. The summed E-state index contributed by atoms with van der Waals surface area (Å²) in [5.74, 6) is 1.60. The number of hydrogen-bond acceptors (Lipinski definition) is 7. The van der Waals surface area contributed by atoms with E-state index >= 15 is 0 Å². The normalized spacial score (nSPS) is 14.5. The lowest BCUT2D eigenvalue weighted by Crippen LogP contribution is -2.33. The van der Waals surface area contributed by atoms with Crippen LogP contribution in [0, 0.1) is 10.1 Å². The van der Waals surface area contributed by atoms with Crippen molar-refractivity contribution in [2.45, 2.75) is 45.4 Å². The Kier molecular flexibility index (Phi) is 5.16. The van der Waals surface area contributed by atoms with Gasteiger partial charge in [0.2, 0.25) is 0 Å². The number of nitro groups is 1. The first-order chi connectivity index (χ1) is 15.9. The smallest absolute Gasteiger partial charge is 0.269 e. The summed E-state index contributed by atoms with van der Waals surface area (Å²) in [5, 5.41) is 24.4. The van der Waals surface area contributed by atoms with E-state index in [9.17, 15) is 10.1 Å². The van der Waals surface area contributed by atoms with Crippen LogP contribution in [0.25, 0.3) is 10.8 Å². The first-order valence-corrected chi connectivity index (χ1v) is 10.7. The van der Waals surface area contributed by atoms with E-state index in [0.717, 1.165) is 46.2 Å². The Morgan fingerprint density at radius 3 is 2.73 bits per heavy atom. The molecule has 33 heavy (non-hydrogen) atoms. The van der Waals surface area contributed by atoms with Gasteiger partial charge in [-0.1, -0.05) is 12.1 Å². The van der Waals surface area contributed by atoms with Crippen molar-refractivity contribution < 1.29 is 14.4 Å². The second-order valence-corrected chi connectivity index (χ2v) is 8.78. The fourth-order valence-corrected chi connectivity index (χ4v) is 4.17. The van der Waals surface area contributed by atoms with Gasteiger partial charge in [-0.3, -0.25) is 10.1 Å². The van der Waals surface area contributed by atoms with Gasteiger partial charge in [0.05, 0.1) is 11.5 Å². The summed E-state index contributed by atoms with van der Waals surface area (Å²) in [7, 11) is 0. The molecule has 0 fully saturated rings. The third-order valence-corrected chi connectivity index (χ3v) is 5.91. The predicted octanol–water partition coefficient (Wildman–Crippen LogP) is 4.47. The van der Waals surface area contributed by atoms with Crippen LogP contribution in [0.4, 0.5) is 5.69 Å². The van der Waals surface area contributed by atoms with Crippen LogP contribution >= 0.6 is 0 Å². The minimum Gasteiger partial charge on any atom is -0.488 e. The van der Waals surface area contributed by atoms with Crippen LogP contribution in [0.2, 0.25) is 0 Å². The van der Waals surface area contributed by atoms with Crippen molar-refractivity contribution in [1.82, 2.24) is 20.2 Å². The highest BCUT2D eigenvalue weighted by atomic mass is 16.6. The van der Waals surface area contributed by atoms with Gasteiger partial charge >= 0.3 is 0 Å². The van der Waals surface area contributed by atoms with E-state index < -0.39 is 4.92 Å². The molecule has 2 heterocycles. The molecule has 0 atom stereocenters. The molecule has 1 aliphatic heterocycles. The molecule has 0 bridgehead atoms. The Balaban J connectivity index is 1.53. The Morgan fingerprint density at radius 1 is 1.18 bits per heavy atom. The van der Waals surface area contributed by atoms with Gasteiger partial charge in [-0.05, 0) is 72.5 Å². The third kappa shape index (κ3) is 4.21. The van der Waals surface area contributed by atoms with Crippen LogP contribution in [-0.4, -0.2) is 30.7 Å². The van der Waals surface area contributed by atoms with E-state index in [1.807, 2.05) is 12.1 Å². The maximum absolute atomic E-state index is 10.9. The lowest BCUT2D eigenvalue weighted by Gasteiger charge is -2.34. The summed E-state index contributed by atoms with van der Waals surface area (Å²) in [5.41, 5.74) is 2.91. The summed E-state index contributed by atoms with van der Waals surface area (Å²) in [6.45, 7) is 5.03. The van der Waals surface area contributed by atoms with Crippen molar-refractivity contribution in [1.29, 1.82) is 0 Å². The predicted molar refractivity (Wildman–Crippen MR) is 121 cm³/mol. The van der Waals surface area contributed by atoms with Crippen molar-refractivity contribution in [3.05, 3.63) is 81.7 Å². The number of fused-ring (bicyclic) bond motifs is 3. The van der Waals surface area contributed by atoms with Crippen LogP contribution in [0.1, 0.15) is 37.0 Å². The zero-order chi connectivity index (χ0) is 23.0. The quantitative estimate of drug-likeness (QED) is 0.318. The van der Waals surface area contributed by atoms with E-state index in [2.05, 4.69) is 41.5 Å². The average Bonchev–Trinajstić information content (AvgIpc) is 3.30. The van der Waals surface area contributed by atoms with Gasteiger partial charge in [0.25, 0.3) is 5.69 Å². The average molecular weight is 445 g/mol. The van der Waals surface area contributed by atoms with Crippen molar-refractivity contribution in [3.8, 4) is 11.5 Å². The van der Waals surface area contributed by atoms with Crippen LogP contribution in [0.3, 0.4) is 0 Å². The fourth-order valence-electron chi connectivity index (χ4n) is 4.17. The number of hydrogen-bond donors (Lipinski definition) is 0. The van der Waals surface area contributed by atoms with E-state index in [1.54, 1.807) is 23.1 Å². The molecule has 0 saturated heterocycles. The molecular weight excluding hydrogens is 422 g/mol. The lowest BCUT2D eigenvalue weighted by atomic mass is 9.88. The second-order valence-electron chi connectivity index (χ2n) is 8.78. The van der Waals surface area contributed by atoms with E-state index in [1.165, 1.54) is 17.7 Å². The van der Waals surface area contributed by atoms with Gasteiger partial charge in [-0.25, -0.2) is 4.68 Å². The molecule has 1 aliphatic rings. The molecule has 0 radical (unpaired) electrons. The number of rotatable bonds is 6. The topological polar surface area (TPSA) is 105 Å². The van der Waals surface area contributed by atoms with E-state index in [-0.39, 0.29) is 11.3 Å². The molecule has 0 amide bonds. The van der Waals surface area contributed by atoms with E-state index in [4.69, 9.17) is 9.47 Å². The van der Waals surface area contributed by atoms with Crippen LogP contribution < -0.4 is 9.47 Å². The Morgan fingerprint density at radius 2 is 2.00 bits per heavy atom. The van der Waals surface area contributed by atoms with Gasteiger partial charge in [0.1, 0.15) is 30.0 Å². The van der Waals surface area contributed by atoms with Crippen molar-refractivity contribution in [2.75, 3.05) is 0 Å². The number of benzene rings is 3. The van der Waals surface area contributed by atoms with Gasteiger partial charge in [0, 0.05) is 28.5 Å². The molecule has 0 N–H and O–H groups in total. The molecule has 9 heteroatoms. The van der Waals surface area contributed by atoms with Gasteiger partial charge in [-0.15, -0.1) is 5.10 Å². The van der Waals surface area contributed by atoms with Crippen molar-refractivity contribution >= 4 is 16.5 Å². The zero-order valence-corrected chi connectivity index (χ0v) is 18.4. The number of nitrogens with zero attached hydrogens (tertiary/aromatic N) is 5. The molecule has 0 saturated carbocycles. The number of ether oxygens (including phenoxy) is 2. The summed E-state index contributed by atoms with van der Waals surface area (Å²) in [6.07, 6.45) is 3.43. The third-order valence-electron chi connectivity index (χ3n) is 5.91. The van der Waals surface area contributed by atoms with Crippen LogP contribution in [0.15, 0.2) is 54.9 Å². The molecule has 168 valence electrons. The van der Waals surface area contributed by atoms with Gasteiger partial charge in [-0.2, -0.15) is 0 Å². The van der Waals surface area contributed by atoms with Crippen LogP contribution in [0.5, 0.6) is 11.5 Å². The number of non-ortho nitro benzene ring substituents is 1. The maximum atomic E-state index is 10.9. The molecule has 0 spiro atoms. The number of tetrazole rings is 1. The maximum Gasteiger partial charge on any atom is 0.269 e. The first kappa shape index (κ1) is 20.9. The lowest BCUT2D eigenvalue weighted by molar-refractivity contribution is -0.384. The molecule has 1 aromatic heterocycles. The molecule has 0 unspecified atom stereocenters. The zero-order valence-electron chi connectivity index (χ0n) is 18.4. The first-order valence-electron chi connectivity index (χ1n) is 10.7. The molecule has 9 nitrogen and oxygen atoms in total. The van der Waals surface area contributed by atoms with Crippen molar-refractivity contribution in [3.63, 3.8) is 0 Å². The summed E-state index contributed by atoms with van der Waals surface area (Å²) < 4.78 is 14.3. The summed E-state index contributed by atoms with van der Waals surface area (Å²) in [4.78, 5) is 10.5. The monoisotopic (exact) mass is 445 g/mol. The molecule has 4 aromatic rings. The van der Waals surface area contributed by atoms with E-state index in [0.29, 0.717) is 13.2 Å². The highest BCUT2D eigenvalue weighted by Crippen LogP contribution is 2.43. The minimum atomic E-state index is -0.411. The Labute approximate surface area is 190 Å². The number of aromatic nitrogens is 4. The standard InChI is InChI=1S/C24H23N5O4/c1-24(2)11-10-19-17(13-28-15-25-26-27-28)12-21-20(23(19)33-24)4-3-5-22(21)32-14-16-6-8-18(9-7-16)29(30)31/h3-9,12,15H,10-11,13-14H2,1-2H3. The summed E-state index contributed by atoms with van der Waals surface area (Å²) in [6, 6.07) is 14.4. The highest BCUT2D eigenvalue weighted by molar-refractivity contribution is 5.95. The number of nitro benzene ring substituents is 1. The van der Waals surface area contributed by atoms with Crippen LogP contribution in [-0.2, 0) is 19.6 Å². The van der Waals surface area contributed by atoms with Gasteiger partial charge in [0.15, 0.2) is 0 Å². The summed E-state index contributed by atoms with van der Waals surface area (Å²) >= 11 is 0.